The van der Waals surface area contributed by atoms with E-state index in [2.05, 4.69) is 0 Å². The van der Waals surface area contributed by atoms with Gasteiger partial charge in [-0.05, 0) is 50.8 Å². The van der Waals surface area contributed by atoms with E-state index in [0.29, 0.717) is 5.02 Å². The molecule has 1 aliphatic rings. The standard InChI is InChI=1S/C15H20ClNO/c1-15(2,12-6-8-13(16)9-7-12)14(18)17-10-4-3-5-11-17/h6-9H,3-5,10-11H2,1-2H3. The molecule has 2 nitrogen and oxygen atoms in total. The third-order valence-electron chi connectivity index (χ3n) is 3.74. The Morgan fingerprint density at radius 2 is 1.67 bits per heavy atom. The molecule has 0 unspecified atom stereocenters. The van der Waals surface area contributed by atoms with Crippen LogP contribution >= 0.6 is 11.6 Å². The van der Waals surface area contributed by atoms with Gasteiger partial charge in [-0.25, -0.2) is 0 Å². The summed E-state index contributed by atoms with van der Waals surface area (Å²) in [5, 5.41) is 0.708. The third-order valence-corrected chi connectivity index (χ3v) is 4.00. The van der Waals surface area contributed by atoms with Crippen molar-refractivity contribution in [2.45, 2.75) is 38.5 Å². The minimum atomic E-state index is -0.470. The number of carbonyl (C=O) groups excluding carboxylic acids is 1. The highest BCUT2D eigenvalue weighted by Crippen LogP contribution is 2.28. The topological polar surface area (TPSA) is 20.3 Å². The molecule has 0 spiro atoms. The molecule has 0 saturated carbocycles. The van der Waals surface area contributed by atoms with Crippen LogP contribution in [0, 0.1) is 0 Å². The van der Waals surface area contributed by atoms with Gasteiger partial charge in [-0.1, -0.05) is 23.7 Å². The molecule has 1 saturated heterocycles. The van der Waals surface area contributed by atoms with Crippen LogP contribution in [0.4, 0.5) is 0 Å². The Labute approximate surface area is 114 Å². The Hall–Kier alpha value is -1.02. The van der Waals surface area contributed by atoms with E-state index in [4.69, 9.17) is 11.6 Å². The van der Waals surface area contributed by atoms with Gasteiger partial charge in [0.15, 0.2) is 0 Å². The van der Waals surface area contributed by atoms with Crippen molar-refractivity contribution in [1.82, 2.24) is 4.90 Å². The maximum atomic E-state index is 12.6. The van der Waals surface area contributed by atoms with Crippen LogP contribution in [-0.4, -0.2) is 23.9 Å². The molecule has 1 amide bonds. The minimum Gasteiger partial charge on any atom is -0.342 e. The summed E-state index contributed by atoms with van der Waals surface area (Å²) in [7, 11) is 0. The molecule has 1 aromatic carbocycles. The Morgan fingerprint density at radius 3 is 2.22 bits per heavy atom. The Balaban J connectivity index is 2.18. The Morgan fingerprint density at radius 1 is 1.11 bits per heavy atom. The van der Waals surface area contributed by atoms with E-state index in [1.165, 1.54) is 6.42 Å². The lowest BCUT2D eigenvalue weighted by Crippen LogP contribution is -2.45. The van der Waals surface area contributed by atoms with Gasteiger partial charge >= 0.3 is 0 Å². The van der Waals surface area contributed by atoms with Crippen molar-refractivity contribution in [3.8, 4) is 0 Å². The second kappa shape index (κ2) is 5.31. The zero-order valence-electron chi connectivity index (χ0n) is 11.1. The van der Waals surface area contributed by atoms with E-state index in [-0.39, 0.29) is 5.91 Å². The molecule has 1 aliphatic heterocycles. The van der Waals surface area contributed by atoms with E-state index in [1.54, 1.807) is 0 Å². The number of piperidine rings is 1. The van der Waals surface area contributed by atoms with Crippen molar-refractivity contribution < 1.29 is 4.79 Å². The summed E-state index contributed by atoms with van der Waals surface area (Å²) in [5.74, 6) is 0.226. The number of nitrogens with zero attached hydrogens (tertiary/aromatic N) is 1. The number of carbonyl (C=O) groups is 1. The molecule has 3 heteroatoms. The monoisotopic (exact) mass is 265 g/mol. The number of hydrogen-bond acceptors (Lipinski definition) is 1. The van der Waals surface area contributed by atoms with Gasteiger partial charge in [0.2, 0.25) is 5.91 Å². The smallest absolute Gasteiger partial charge is 0.232 e. The first-order valence-electron chi connectivity index (χ1n) is 6.57. The van der Waals surface area contributed by atoms with Gasteiger partial charge in [0.25, 0.3) is 0 Å². The lowest BCUT2D eigenvalue weighted by Gasteiger charge is -2.34. The number of benzene rings is 1. The van der Waals surface area contributed by atoms with Gasteiger partial charge in [0.1, 0.15) is 0 Å². The number of hydrogen-bond donors (Lipinski definition) is 0. The van der Waals surface area contributed by atoms with Crippen LogP contribution in [0.2, 0.25) is 5.02 Å². The first kappa shape index (κ1) is 13.4. The third kappa shape index (κ3) is 2.69. The number of likely N-dealkylation sites (tertiary alicyclic amines) is 1. The largest absolute Gasteiger partial charge is 0.342 e. The van der Waals surface area contributed by atoms with Gasteiger partial charge in [-0.15, -0.1) is 0 Å². The van der Waals surface area contributed by atoms with Gasteiger partial charge in [0, 0.05) is 18.1 Å². The van der Waals surface area contributed by atoms with Crippen molar-refractivity contribution >= 4 is 17.5 Å². The highest BCUT2D eigenvalue weighted by Gasteiger charge is 2.34. The lowest BCUT2D eigenvalue weighted by molar-refractivity contribution is -0.137. The van der Waals surface area contributed by atoms with Crippen molar-refractivity contribution in [3.63, 3.8) is 0 Å². The summed E-state index contributed by atoms with van der Waals surface area (Å²) >= 11 is 5.89. The summed E-state index contributed by atoms with van der Waals surface area (Å²) in [5.41, 5.74) is 0.560. The molecule has 1 heterocycles. The van der Waals surface area contributed by atoms with Crippen molar-refractivity contribution in [2.24, 2.45) is 0 Å². The molecule has 0 atom stereocenters. The summed E-state index contributed by atoms with van der Waals surface area (Å²) < 4.78 is 0. The van der Waals surface area contributed by atoms with E-state index < -0.39 is 5.41 Å². The molecule has 0 N–H and O–H groups in total. The molecule has 0 radical (unpaired) electrons. The first-order valence-corrected chi connectivity index (χ1v) is 6.95. The first-order chi connectivity index (χ1) is 8.51. The molecular weight excluding hydrogens is 246 g/mol. The van der Waals surface area contributed by atoms with Gasteiger partial charge < -0.3 is 4.90 Å². The van der Waals surface area contributed by atoms with Gasteiger partial charge in [-0.3, -0.25) is 4.79 Å². The molecule has 98 valence electrons. The van der Waals surface area contributed by atoms with Crippen molar-refractivity contribution in [2.75, 3.05) is 13.1 Å². The van der Waals surface area contributed by atoms with Crippen LogP contribution in [0.5, 0.6) is 0 Å². The van der Waals surface area contributed by atoms with Crippen molar-refractivity contribution in [3.05, 3.63) is 34.9 Å². The lowest BCUT2D eigenvalue weighted by atomic mass is 9.83. The molecule has 1 aromatic rings. The van der Waals surface area contributed by atoms with Crippen LogP contribution in [0.1, 0.15) is 38.7 Å². The Kier molecular flexibility index (Phi) is 3.96. The van der Waals surface area contributed by atoms with E-state index in [1.807, 2.05) is 43.0 Å². The van der Waals surface area contributed by atoms with Crippen LogP contribution in [0.15, 0.2) is 24.3 Å². The Bertz CT molecular complexity index is 419. The minimum absolute atomic E-state index is 0.226. The normalized spacial score (nSPS) is 16.7. The fourth-order valence-electron chi connectivity index (χ4n) is 2.48. The maximum absolute atomic E-state index is 12.6. The molecule has 0 aliphatic carbocycles. The van der Waals surface area contributed by atoms with E-state index in [9.17, 15) is 4.79 Å². The van der Waals surface area contributed by atoms with Crippen molar-refractivity contribution in [1.29, 1.82) is 0 Å². The van der Waals surface area contributed by atoms with Crippen LogP contribution in [-0.2, 0) is 10.2 Å². The highest BCUT2D eigenvalue weighted by molar-refractivity contribution is 6.30. The quantitative estimate of drug-likeness (QED) is 0.800. The van der Waals surface area contributed by atoms with E-state index in [0.717, 1.165) is 31.5 Å². The predicted octanol–water partition coefficient (Wildman–Crippen LogP) is 3.63. The van der Waals surface area contributed by atoms with Gasteiger partial charge in [-0.2, -0.15) is 0 Å². The molecule has 1 fully saturated rings. The predicted molar refractivity (Wildman–Crippen MR) is 74.9 cm³/mol. The summed E-state index contributed by atoms with van der Waals surface area (Å²) in [4.78, 5) is 14.6. The van der Waals surface area contributed by atoms with E-state index >= 15 is 0 Å². The molecule has 0 aromatic heterocycles. The van der Waals surface area contributed by atoms with Crippen LogP contribution in [0.25, 0.3) is 0 Å². The van der Waals surface area contributed by atoms with Crippen LogP contribution < -0.4 is 0 Å². The second-order valence-corrected chi connectivity index (χ2v) is 5.92. The highest BCUT2D eigenvalue weighted by atomic mass is 35.5. The van der Waals surface area contributed by atoms with Gasteiger partial charge in [0.05, 0.1) is 5.41 Å². The summed E-state index contributed by atoms with van der Waals surface area (Å²) in [6, 6.07) is 7.60. The average molecular weight is 266 g/mol. The maximum Gasteiger partial charge on any atom is 0.232 e. The fourth-order valence-corrected chi connectivity index (χ4v) is 2.61. The van der Waals surface area contributed by atoms with Crippen LogP contribution in [0.3, 0.4) is 0 Å². The number of rotatable bonds is 2. The summed E-state index contributed by atoms with van der Waals surface area (Å²) in [6.07, 6.45) is 3.50. The molecule has 18 heavy (non-hydrogen) atoms. The fraction of sp³-hybridized carbons (Fsp3) is 0.533. The zero-order chi connectivity index (χ0) is 13.2. The zero-order valence-corrected chi connectivity index (χ0v) is 11.8. The molecule has 0 bridgehead atoms. The summed E-state index contributed by atoms with van der Waals surface area (Å²) in [6.45, 7) is 5.78. The SMILES string of the molecule is CC(C)(C(=O)N1CCCCC1)c1ccc(Cl)cc1. The average Bonchev–Trinajstić information content (AvgIpc) is 2.39. The second-order valence-electron chi connectivity index (χ2n) is 5.48. The number of amides is 1. The number of halogens is 1. The molecule has 2 rings (SSSR count). The molecular formula is C15H20ClNO.